The molecule has 0 saturated carbocycles. The number of non-ortho nitro benzene ring substituents is 1. The van der Waals surface area contributed by atoms with Crippen molar-refractivity contribution in [3.05, 3.63) is 56.3 Å². The zero-order valence-electron chi connectivity index (χ0n) is 13.6. The first-order valence-corrected chi connectivity index (χ1v) is 8.26. The van der Waals surface area contributed by atoms with Gasteiger partial charge in [0.1, 0.15) is 0 Å². The number of thiophene rings is 1. The lowest BCUT2D eigenvalue weighted by molar-refractivity contribution is -0.384. The summed E-state index contributed by atoms with van der Waals surface area (Å²) in [5, 5.41) is 18.2. The van der Waals surface area contributed by atoms with Crippen molar-refractivity contribution in [1.82, 2.24) is 5.32 Å². The number of hydrogen-bond acceptors (Lipinski definition) is 7. The van der Waals surface area contributed by atoms with Crippen molar-refractivity contribution >= 4 is 34.6 Å². The van der Waals surface area contributed by atoms with Gasteiger partial charge in [0.15, 0.2) is 6.61 Å². The number of nitrogens with zero attached hydrogens (tertiary/aromatic N) is 1. The smallest absolute Gasteiger partial charge is 0.341 e. The topological polar surface area (TPSA) is 111 Å². The van der Waals surface area contributed by atoms with Gasteiger partial charge in [-0.05, 0) is 24.4 Å². The molecule has 0 aliphatic heterocycles. The molecule has 0 aliphatic carbocycles. The van der Waals surface area contributed by atoms with E-state index in [4.69, 9.17) is 4.74 Å². The number of rotatable bonds is 7. The van der Waals surface area contributed by atoms with Gasteiger partial charge in [-0.1, -0.05) is 6.07 Å². The highest BCUT2D eigenvalue weighted by atomic mass is 32.1. The van der Waals surface area contributed by atoms with Crippen LogP contribution in [0.15, 0.2) is 35.7 Å². The van der Waals surface area contributed by atoms with Gasteiger partial charge < -0.3 is 15.4 Å². The van der Waals surface area contributed by atoms with E-state index in [1.54, 1.807) is 7.05 Å². The lowest BCUT2D eigenvalue weighted by Gasteiger charge is -2.13. The quantitative estimate of drug-likeness (QED) is 0.444. The second kappa shape index (κ2) is 8.25. The highest BCUT2D eigenvalue weighted by Gasteiger charge is 2.19. The number of benzene rings is 1. The average Bonchev–Trinajstić information content (AvgIpc) is 3.13. The number of hydrogen-bond donors (Lipinski definition) is 2. The fourth-order valence-corrected chi connectivity index (χ4v) is 2.87. The molecule has 132 valence electrons. The summed E-state index contributed by atoms with van der Waals surface area (Å²) in [5.41, 5.74) is 0.139. The third kappa shape index (κ3) is 4.77. The van der Waals surface area contributed by atoms with Gasteiger partial charge in [-0.2, -0.15) is 0 Å². The molecule has 0 unspecified atom stereocenters. The van der Waals surface area contributed by atoms with Crippen molar-refractivity contribution < 1.29 is 19.2 Å². The molecule has 1 aromatic heterocycles. The van der Waals surface area contributed by atoms with Crippen molar-refractivity contribution in [1.29, 1.82) is 0 Å². The second-order valence-corrected chi connectivity index (χ2v) is 6.10. The molecule has 2 N–H and O–H groups in total. The van der Waals surface area contributed by atoms with Crippen LogP contribution in [0.1, 0.15) is 28.2 Å². The number of amides is 1. The number of anilines is 1. The van der Waals surface area contributed by atoms with Crippen molar-refractivity contribution in [3.8, 4) is 0 Å². The Hall–Kier alpha value is -2.94. The highest BCUT2D eigenvalue weighted by Crippen LogP contribution is 2.22. The molecule has 0 saturated heterocycles. The summed E-state index contributed by atoms with van der Waals surface area (Å²) in [4.78, 5) is 35.3. The summed E-state index contributed by atoms with van der Waals surface area (Å²) in [7, 11) is 1.58. The molecule has 2 rings (SSSR count). The molecule has 1 atom stereocenters. The molecule has 8 nitrogen and oxygen atoms in total. The normalized spacial score (nSPS) is 11.4. The van der Waals surface area contributed by atoms with E-state index in [0.717, 1.165) is 10.9 Å². The number of nitrogens with one attached hydrogen (secondary N) is 2. The standard InChI is InChI=1S/C16H17N3O5S/c1-10(14-4-3-7-25-14)18-15(20)9-24-16(21)12-8-11(19(22)23)5-6-13(12)17-2/h3-8,10,17H,9H2,1-2H3,(H,18,20)/t10-/m1/s1. The Morgan fingerprint density at radius 2 is 2.12 bits per heavy atom. The van der Waals surface area contributed by atoms with Gasteiger partial charge in [0.2, 0.25) is 0 Å². The molecule has 9 heteroatoms. The maximum Gasteiger partial charge on any atom is 0.341 e. The van der Waals surface area contributed by atoms with E-state index in [-0.39, 0.29) is 17.3 Å². The Balaban J connectivity index is 1.98. The molecule has 1 heterocycles. The Bertz CT molecular complexity index is 776. The first-order chi connectivity index (χ1) is 11.9. The van der Waals surface area contributed by atoms with Crippen LogP contribution in [-0.2, 0) is 9.53 Å². The van der Waals surface area contributed by atoms with Crippen LogP contribution in [0.2, 0.25) is 0 Å². The van der Waals surface area contributed by atoms with Gasteiger partial charge >= 0.3 is 5.97 Å². The van der Waals surface area contributed by atoms with Gasteiger partial charge in [0.05, 0.1) is 16.5 Å². The molecule has 0 fully saturated rings. The van der Waals surface area contributed by atoms with E-state index in [1.165, 1.54) is 23.5 Å². The molecular formula is C16H17N3O5S. The monoisotopic (exact) mass is 363 g/mol. The van der Waals surface area contributed by atoms with E-state index in [1.807, 2.05) is 24.4 Å². The van der Waals surface area contributed by atoms with Crippen LogP contribution in [0.5, 0.6) is 0 Å². The van der Waals surface area contributed by atoms with Crippen LogP contribution in [0, 0.1) is 10.1 Å². The molecule has 0 aliphatic rings. The van der Waals surface area contributed by atoms with Crippen molar-refractivity contribution in [2.24, 2.45) is 0 Å². The first kappa shape index (κ1) is 18.4. The predicted molar refractivity (Wildman–Crippen MR) is 93.8 cm³/mol. The molecule has 2 aromatic rings. The average molecular weight is 363 g/mol. The fourth-order valence-electron chi connectivity index (χ4n) is 2.13. The fraction of sp³-hybridized carbons (Fsp3) is 0.250. The highest BCUT2D eigenvalue weighted by molar-refractivity contribution is 7.10. The van der Waals surface area contributed by atoms with Gasteiger partial charge in [-0.25, -0.2) is 4.79 Å². The number of nitro benzene ring substituents is 1. The van der Waals surface area contributed by atoms with E-state index >= 15 is 0 Å². The molecule has 0 spiro atoms. The summed E-state index contributed by atoms with van der Waals surface area (Å²) >= 11 is 1.51. The molecule has 0 bridgehead atoms. The summed E-state index contributed by atoms with van der Waals surface area (Å²) in [6.07, 6.45) is 0. The lowest BCUT2D eigenvalue weighted by atomic mass is 10.1. The van der Waals surface area contributed by atoms with E-state index in [0.29, 0.717) is 5.69 Å². The summed E-state index contributed by atoms with van der Waals surface area (Å²) in [6, 6.07) is 7.37. The van der Waals surface area contributed by atoms with Crippen LogP contribution in [0.25, 0.3) is 0 Å². The molecule has 0 radical (unpaired) electrons. The largest absolute Gasteiger partial charge is 0.452 e. The molecular weight excluding hydrogens is 346 g/mol. The number of carbonyl (C=O) groups excluding carboxylic acids is 2. The van der Waals surface area contributed by atoms with E-state index in [9.17, 15) is 19.7 Å². The third-order valence-electron chi connectivity index (χ3n) is 3.39. The minimum atomic E-state index is -0.813. The maximum atomic E-state index is 12.2. The zero-order chi connectivity index (χ0) is 18.4. The SMILES string of the molecule is CNc1ccc([N+](=O)[O-])cc1C(=O)OCC(=O)N[C@H](C)c1cccs1. The van der Waals surface area contributed by atoms with Crippen molar-refractivity contribution in [3.63, 3.8) is 0 Å². The van der Waals surface area contributed by atoms with Gasteiger partial charge in [-0.15, -0.1) is 11.3 Å². The number of esters is 1. The molecule has 1 aromatic carbocycles. The molecule has 25 heavy (non-hydrogen) atoms. The summed E-state index contributed by atoms with van der Waals surface area (Å²) < 4.78 is 4.98. The Kier molecular flexibility index (Phi) is 6.07. The van der Waals surface area contributed by atoms with Gasteiger partial charge in [0, 0.05) is 29.7 Å². The number of nitro groups is 1. The number of ether oxygens (including phenoxy) is 1. The summed E-state index contributed by atoms with van der Waals surface area (Å²) in [5.74, 6) is -1.27. The summed E-state index contributed by atoms with van der Waals surface area (Å²) in [6.45, 7) is 1.35. The Morgan fingerprint density at radius 1 is 1.36 bits per heavy atom. The van der Waals surface area contributed by atoms with Crippen LogP contribution < -0.4 is 10.6 Å². The van der Waals surface area contributed by atoms with Crippen molar-refractivity contribution in [2.45, 2.75) is 13.0 Å². The van der Waals surface area contributed by atoms with E-state index in [2.05, 4.69) is 10.6 Å². The predicted octanol–water partition coefficient (Wildman–Crippen LogP) is 2.73. The Labute approximate surface area is 148 Å². The van der Waals surface area contributed by atoms with Gasteiger partial charge in [0.25, 0.3) is 11.6 Å². The second-order valence-electron chi connectivity index (χ2n) is 5.12. The zero-order valence-corrected chi connectivity index (χ0v) is 14.5. The minimum Gasteiger partial charge on any atom is -0.452 e. The van der Waals surface area contributed by atoms with Crippen LogP contribution in [0.4, 0.5) is 11.4 Å². The molecule has 1 amide bonds. The van der Waals surface area contributed by atoms with Crippen LogP contribution in [0.3, 0.4) is 0 Å². The van der Waals surface area contributed by atoms with E-state index < -0.39 is 23.4 Å². The van der Waals surface area contributed by atoms with Crippen LogP contribution in [-0.4, -0.2) is 30.5 Å². The number of carbonyl (C=O) groups is 2. The van der Waals surface area contributed by atoms with Gasteiger partial charge in [-0.3, -0.25) is 14.9 Å². The first-order valence-electron chi connectivity index (χ1n) is 7.38. The van der Waals surface area contributed by atoms with Crippen LogP contribution >= 0.6 is 11.3 Å². The van der Waals surface area contributed by atoms with Crippen molar-refractivity contribution in [2.75, 3.05) is 19.0 Å². The Morgan fingerprint density at radius 3 is 2.72 bits per heavy atom. The maximum absolute atomic E-state index is 12.2. The lowest BCUT2D eigenvalue weighted by Crippen LogP contribution is -2.30. The minimum absolute atomic E-state index is 0.00388. The third-order valence-corrected chi connectivity index (χ3v) is 4.44.